The van der Waals surface area contributed by atoms with Gasteiger partial charge in [0.25, 0.3) is 0 Å². The number of unbranched alkanes of at least 4 members (excludes halogenated alkanes) is 21. The minimum atomic E-state index is -0.767. The molecule has 0 spiro atoms. The molecule has 0 aliphatic heterocycles. The normalized spacial score (nSPS) is 12.4. The lowest BCUT2D eigenvalue weighted by Crippen LogP contribution is -2.30. The van der Waals surface area contributed by atoms with Gasteiger partial charge in [0, 0.05) is 19.3 Å². The maximum absolute atomic E-state index is 12.6. The van der Waals surface area contributed by atoms with Crippen molar-refractivity contribution in [3.05, 3.63) is 48.6 Å². The number of hydrogen-bond donors (Lipinski definition) is 0. The highest BCUT2D eigenvalue weighted by atomic mass is 16.6. The zero-order chi connectivity index (χ0) is 39.4. The highest BCUT2D eigenvalue weighted by Crippen LogP contribution is 2.14. The van der Waals surface area contributed by atoms with Crippen molar-refractivity contribution in [2.45, 2.75) is 226 Å². The summed E-state index contributed by atoms with van der Waals surface area (Å²) in [5, 5.41) is 0. The Morgan fingerprint density at radius 1 is 0.389 bits per heavy atom. The summed E-state index contributed by atoms with van der Waals surface area (Å²) in [5.74, 6) is -0.894. The van der Waals surface area contributed by atoms with Crippen molar-refractivity contribution in [3.63, 3.8) is 0 Å². The Hall–Kier alpha value is -2.63. The molecule has 0 bridgehead atoms. The van der Waals surface area contributed by atoms with Gasteiger partial charge in [-0.05, 0) is 57.8 Å². The van der Waals surface area contributed by atoms with E-state index in [9.17, 15) is 14.4 Å². The van der Waals surface area contributed by atoms with Gasteiger partial charge in [-0.25, -0.2) is 0 Å². The molecule has 0 saturated carbocycles. The first-order chi connectivity index (χ1) is 26.5. The number of esters is 3. The highest BCUT2D eigenvalue weighted by molar-refractivity contribution is 5.71. The van der Waals surface area contributed by atoms with Crippen LogP contribution in [0.15, 0.2) is 48.6 Å². The second-order valence-corrected chi connectivity index (χ2v) is 14.9. The Kier molecular flexibility index (Phi) is 41.0. The van der Waals surface area contributed by atoms with Gasteiger partial charge in [0.1, 0.15) is 13.2 Å². The van der Waals surface area contributed by atoms with E-state index in [4.69, 9.17) is 14.2 Å². The molecule has 0 aromatic rings. The van der Waals surface area contributed by atoms with E-state index in [-0.39, 0.29) is 31.1 Å². The summed E-state index contributed by atoms with van der Waals surface area (Å²) in [7, 11) is 0. The number of allylic oxidation sites excluding steroid dienone is 8. The molecule has 312 valence electrons. The van der Waals surface area contributed by atoms with Crippen LogP contribution in [0.5, 0.6) is 0 Å². The molecule has 0 heterocycles. The number of carbonyl (C=O) groups excluding carboxylic acids is 3. The van der Waals surface area contributed by atoms with E-state index in [0.29, 0.717) is 19.3 Å². The van der Waals surface area contributed by atoms with Crippen molar-refractivity contribution < 1.29 is 28.6 Å². The maximum Gasteiger partial charge on any atom is 0.306 e. The topological polar surface area (TPSA) is 78.9 Å². The van der Waals surface area contributed by atoms with Crippen LogP contribution in [-0.2, 0) is 28.6 Å². The Labute approximate surface area is 333 Å². The quantitative estimate of drug-likeness (QED) is 0.0268. The molecule has 6 nitrogen and oxygen atoms in total. The standard InChI is InChI=1S/C48H84O6/c1-4-7-10-13-16-18-19-20-21-22-23-24-25-26-27-28-29-30-33-35-38-41-47(50)53-44-45(43-52-46(49)40-37-34-31-15-12-9-6-3)54-48(51)42-39-36-32-17-14-11-8-5-2/h7,10,16,18,20-21,23-24,45H,4-6,8-9,11-15,17,19,22,25-44H2,1-3H3/b10-7-,18-16-,21-20-,24-23-. The van der Waals surface area contributed by atoms with Gasteiger partial charge in [-0.2, -0.15) is 0 Å². The second kappa shape index (κ2) is 43.1. The van der Waals surface area contributed by atoms with Crippen molar-refractivity contribution in [2.75, 3.05) is 13.2 Å². The van der Waals surface area contributed by atoms with E-state index in [1.165, 1.54) is 89.9 Å². The third kappa shape index (κ3) is 40.6. The van der Waals surface area contributed by atoms with Gasteiger partial charge in [0.2, 0.25) is 0 Å². The van der Waals surface area contributed by atoms with Crippen LogP contribution in [0.4, 0.5) is 0 Å². The molecule has 0 aromatic heterocycles. The molecule has 0 aliphatic rings. The van der Waals surface area contributed by atoms with Gasteiger partial charge in [-0.1, -0.05) is 191 Å². The number of hydrogen-bond acceptors (Lipinski definition) is 6. The van der Waals surface area contributed by atoms with E-state index in [1.807, 2.05) is 0 Å². The zero-order valence-electron chi connectivity index (χ0n) is 35.5. The molecule has 0 radical (unpaired) electrons. The van der Waals surface area contributed by atoms with Crippen molar-refractivity contribution in [1.82, 2.24) is 0 Å². The van der Waals surface area contributed by atoms with E-state index >= 15 is 0 Å². The molecular weight excluding hydrogens is 673 g/mol. The number of carbonyl (C=O) groups is 3. The maximum atomic E-state index is 12.6. The zero-order valence-corrected chi connectivity index (χ0v) is 35.5. The van der Waals surface area contributed by atoms with Crippen LogP contribution in [0.1, 0.15) is 220 Å². The summed E-state index contributed by atoms with van der Waals surface area (Å²) >= 11 is 0. The van der Waals surface area contributed by atoms with Crippen LogP contribution in [0.25, 0.3) is 0 Å². The summed E-state index contributed by atoms with van der Waals surface area (Å²) in [6.45, 7) is 6.43. The van der Waals surface area contributed by atoms with Crippen LogP contribution in [0.3, 0.4) is 0 Å². The molecule has 0 rings (SSSR count). The monoisotopic (exact) mass is 757 g/mol. The molecule has 0 N–H and O–H groups in total. The summed E-state index contributed by atoms with van der Waals surface area (Å²) in [5.41, 5.74) is 0. The summed E-state index contributed by atoms with van der Waals surface area (Å²) in [4.78, 5) is 37.5. The average Bonchev–Trinajstić information content (AvgIpc) is 3.17. The molecule has 1 unspecified atom stereocenters. The Morgan fingerprint density at radius 2 is 0.722 bits per heavy atom. The molecule has 0 fully saturated rings. The fourth-order valence-electron chi connectivity index (χ4n) is 6.20. The third-order valence-corrected chi connectivity index (χ3v) is 9.60. The van der Waals surface area contributed by atoms with E-state index in [2.05, 4.69) is 69.4 Å². The molecule has 0 aromatic carbocycles. The van der Waals surface area contributed by atoms with Gasteiger partial charge in [0.15, 0.2) is 6.10 Å². The first-order valence-corrected chi connectivity index (χ1v) is 22.6. The van der Waals surface area contributed by atoms with Crippen molar-refractivity contribution in [1.29, 1.82) is 0 Å². The van der Waals surface area contributed by atoms with Gasteiger partial charge in [0.05, 0.1) is 0 Å². The molecule has 0 amide bonds. The predicted molar refractivity (Wildman–Crippen MR) is 229 cm³/mol. The van der Waals surface area contributed by atoms with Gasteiger partial charge >= 0.3 is 17.9 Å². The van der Waals surface area contributed by atoms with Crippen molar-refractivity contribution >= 4 is 17.9 Å². The lowest BCUT2D eigenvalue weighted by molar-refractivity contribution is -0.167. The SMILES string of the molecule is CC/C=C\C/C=C\C/C=C\C/C=C\CCCCCCCCCCC(=O)OCC(COC(=O)CCCCCCCCC)OC(=O)CCCCCCCCCC. The fraction of sp³-hybridized carbons (Fsp3) is 0.771. The van der Waals surface area contributed by atoms with Crippen LogP contribution in [0, 0.1) is 0 Å². The Balaban J connectivity index is 4.17. The summed E-state index contributed by atoms with van der Waals surface area (Å²) in [6, 6.07) is 0. The summed E-state index contributed by atoms with van der Waals surface area (Å²) in [6.07, 6.45) is 49.7. The van der Waals surface area contributed by atoms with Crippen molar-refractivity contribution in [2.24, 2.45) is 0 Å². The third-order valence-electron chi connectivity index (χ3n) is 9.60. The molecule has 0 aliphatic carbocycles. The van der Waals surface area contributed by atoms with Crippen LogP contribution < -0.4 is 0 Å². The Morgan fingerprint density at radius 3 is 1.13 bits per heavy atom. The van der Waals surface area contributed by atoms with Gasteiger partial charge in [-0.3, -0.25) is 14.4 Å². The minimum Gasteiger partial charge on any atom is -0.462 e. The molecule has 54 heavy (non-hydrogen) atoms. The van der Waals surface area contributed by atoms with Gasteiger partial charge in [-0.15, -0.1) is 0 Å². The van der Waals surface area contributed by atoms with Crippen molar-refractivity contribution in [3.8, 4) is 0 Å². The fourth-order valence-corrected chi connectivity index (χ4v) is 6.20. The predicted octanol–water partition coefficient (Wildman–Crippen LogP) is 14.4. The molecule has 0 saturated heterocycles. The van der Waals surface area contributed by atoms with E-state index < -0.39 is 6.10 Å². The minimum absolute atomic E-state index is 0.0742. The average molecular weight is 757 g/mol. The second-order valence-electron chi connectivity index (χ2n) is 14.9. The lowest BCUT2D eigenvalue weighted by atomic mass is 10.1. The lowest BCUT2D eigenvalue weighted by Gasteiger charge is -2.18. The largest absolute Gasteiger partial charge is 0.462 e. The molecular formula is C48H84O6. The van der Waals surface area contributed by atoms with Crippen LogP contribution >= 0.6 is 0 Å². The first kappa shape index (κ1) is 51.4. The van der Waals surface area contributed by atoms with Gasteiger partial charge < -0.3 is 14.2 Å². The first-order valence-electron chi connectivity index (χ1n) is 22.6. The number of ether oxygens (including phenoxy) is 3. The smallest absolute Gasteiger partial charge is 0.306 e. The number of rotatable bonds is 40. The molecule has 1 atom stereocenters. The van der Waals surface area contributed by atoms with Crippen LogP contribution in [0.2, 0.25) is 0 Å². The summed E-state index contributed by atoms with van der Waals surface area (Å²) < 4.78 is 16.6. The Bertz CT molecular complexity index is 964. The van der Waals surface area contributed by atoms with E-state index in [0.717, 1.165) is 89.9 Å². The van der Waals surface area contributed by atoms with E-state index in [1.54, 1.807) is 0 Å². The molecule has 6 heteroatoms. The highest BCUT2D eigenvalue weighted by Gasteiger charge is 2.19. The van der Waals surface area contributed by atoms with Crippen LogP contribution in [-0.4, -0.2) is 37.2 Å².